The molecule has 3 rings (SSSR count). The van der Waals surface area contributed by atoms with Crippen LogP contribution in [0.4, 0.5) is 0 Å². The molecule has 2 aromatic rings. The van der Waals surface area contributed by atoms with E-state index in [0.29, 0.717) is 35.8 Å². The van der Waals surface area contributed by atoms with E-state index in [1.165, 1.54) is 6.26 Å². The van der Waals surface area contributed by atoms with Crippen molar-refractivity contribution in [3.63, 3.8) is 0 Å². The second kappa shape index (κ2) is 7.23. The first-order valence-electron chi connectivity index (χ1n) is 8.63. The van der Waals surface area contributed by atoms with Gasteiger partial charge in [-0.3, -0.25) is 4.79 Å². The minimum Gasteiger partial charge on any atom is -0.486 e. The molecule has 27 heavy (non-hydrogen) atoms. The van der Waals surface area contributed by atoms with E-state index in [0.717, 1.165) is 5.56 Å². The number of hydrogen-bond acceptors (Lipinski definition) is 5. The highest BCUT2D eigenvalue weighted by molar-refractivity contribution is 7.89. The van der Waals surface area contributed by atoms with Crippen LogP contribution in [0.5, 0.6) is 11.5 Å². The Bertz CT molecular complexity index is 966. The molecule has 6 nitrogen and oxygen atoms in total. The van der Waals surface area contributed by atoms with E-state index >= 15 is 0 Å². The molecule has 0 atom stereocenters. The van der Waals surface area contributed by atoms with E-state index < -0.39 is 15.4 Å². The van der Waals surface area contributed by atoms with Gasteiger partial charge in [0.2, 0.25) is 0 Å². The molecule has 0 spiro atoms. The van der Waals surface area contributed by atoms with Crippen molar-refractivity contribution in [2.45, 2.75) is 25.1 Å². The van der Waals surface area contributed by atoms with Gasteiger partial charge in [0.1, 0.15) is 13.2 Å². The maximum absolute atomic E-state index is 12.7. The van der Waals surface area contributed by atoms with Gasteiger partial charge in [0.25, 0.3) is 5.91 Å². The van der Waals surface area contributed by atoms with Gasteiger partial charge in [0, 0.05) is 11.8 Å². The van der Waals surface area contributed by atoms with Crippen LogP contribution in [0.1, 0.15) is 35.3 Å². The monoisotopic (exact) mass is 389 g/mol. The van der Waals surface area contributed by atoms with Crippen LogP contribution in [0.3, 0.4) is 0 Å². The molecule has 0 radical (unpaired) electrons. The summed E-state index contributed by atoms with van der Waals surface area (Å²) in [7, 11) is -3.16. The van der Waals surface area contributed by atoms with Gasteiger partial charge >= 0.3 is 0 Å². The zero-order valence-electron chi connectivity index (χ0n) is 15.6. The van der Waals surface area contributed by atoms with Crippen LogP contribution in [0.2, 0.25) is 0 Å². The first-order chi connectivity index (χ1) is 12.6. The van der Waals surface area contributed by atoms with Gasteiger partial charge in [-0.05, 0) is 49.2 Å². The highest BCUT2D eigenvalue weighted by Gasteiger charge is 2.26. The summed E-state index contributed by atoms with van der Waals surface area (Å²) in [4.78, 5) is 12.7. The Morgan fingerprint density at radius 2 is 1.78 bits per heavy atom. The van der Waals surface area contributed by atoms with Crippen molar-refractivity contribution in [1.29, 1.82) is 0 Å². The second-order valence-electron chi connectivity index (χ2n) is 7.21. The van der Waals surface area contributed by atoms with Gasteiger partial charge in [-0.2, -0.15) is 0 Å². The normalized spacial score (nSPS) is 13.9. The van der Waals surface area contributed by atoms with E-state index in [1.807, 2.05) is 32.0 Å². The first-order valence-corrected chi connectivity index (χ1v) is 10.7. The summed E-state index contributed by atoms with van der Waals surface area (Å²) >= 11 is 0. The number of rotatable bonds is 5. The number of hydrogen-bond donors (Lipinski definition) is 1. The third kappa shape index (κ3) is 4.80. The fourth-order valence-electron chi connectivity index (χ4n) is 2.97. The molecule has 7 heteroatoms. The van der Waals surface area contributed by atoms with E-state index in [1.54, 1.807) is 24.3 Å². The molecule has 1 aliphatic rings. The van der Waals surface area contributed by atoms with Gasteiger partial charge in [-0.15, -0.1) is 0 Å². The molecule has 144 valence electrons. The first kappa shape index (κ1) is 19.2. The quantitative estimate of drug-likeness (QED) is 0.850. The fraction of sp³-hybridized carbons (Fsp3) is 0.350. The largest absolute Gasteiger partial charge is 0.486 e. The molecule has 0 saturated carbocycles. The average molecular weight is 389 g/mol. The van der Waals surface area contributed by atoms with E-state index in [4.69, 9.17) is 9.47 Å². The SMILES string of the molecule is CC(C)(NC(=O)c1cccc(CS(C)(=O)=O)c1)c1ccc2c(c1)OCCO2. The molecule has 0 unspecified atom stereocenters. The maximum Gasteiger partial charge on any atom is 0.251 e. The number of benzene rings is 2. The molecule has 0 aliphatic carbocycles. The molecular weight excluding hydrogens is 366 g/mol. The Balaban J connectivity index is 1.79. The van der Waals surface area contributed by atoms with Crippen molar-refractivity contribution < 1.29 is 22.7 Å². The van der Waals surface area contributed by atoms with E-state index in [-0.39, 0.29) is 11.7 Å². The molecule has 0 fully saturated rings. The van der Waals surface area contributed by atoms with Gasteiger partial charge in [0.05, 0.1) is 11.3 Å². The number of ether oxygens (including phenoxy) is 2. The van der Waals surface area contributed by atoms with Crippen molar-refractivity contribution >= 4 is 15.7 Å². The Kier molecular flexibility index (Phi) is 5.15. The van der Waals surface area contributed by atoms with Crippen molar-refractivity contribution in [1.82, 2.24) is 5.32 Å². The Hall–Kier alpha value is -2.54. The van der Waals surface area contributed by atoms with Crippen LogP contribution in [-0.2, 0) is 21.1 Å². The van der Waals surface area contributed by atoms with Crippen LogP contribution in [0.15, 0.2) is 42.5 Å². The summed E-state index contributed by atoms with van der Waals surface area (Å²) in [5, 5.41) is 3.00. The summed E-state index contributed by atoms with van der Waals surface area (Å²) in [5.41, 5.74) is 1.23. The topological polar surface area (TPSA) is 81.7 Å². The Morgan fingerprint density at radius 1 is 1.07 bits per heavy atom. The number of nitrogens with one attached hydrogen (secondary N) is 1. The average Bonchev–Trinajstić information content (AvgIpc) is 2.59. The minimum absolute atomic E-state index is 0.0975. The third-order valence-electron chi connectivity index (χ3n) is 4.31. The molecule has 0 aromatic heterocycles. The van der Waals surface area contributed by atoms with Crippen LogP contribution in [0.25, 0.3) is 0 Å². The van der Waals surface area contributed by atoms with Crippen LogP contribution < -0.4 is 14.8 Å². The molecule has 0 bridgehead atoms. The Labute approximate surface area is 159 Å². The summed E-state index contributed by atoms with van der Waals surface area (Å²) in [6.07, 6.45) is 1.17. The van der Waals surface area contributed by atoms with Gasteiger partial charge in [-0.25, -0.2) is 8.42 Å². The Morgan fingerprint density at radius 3 is 2.48 bits per heavy atom. The number of amides is 1. The van der Waals surface area contributed by atoms with Crippen LogP contribution in [-0.4, -0.2) is 33.8 Å². The number of carbonyl (C=O) groups excluding carboxylic acids is 1. The highest BCUT2D eigenvalue weighted by atomic mass is 32.2. The van der Waals surface area contributed by atoms with Gasteiger partial charge in [-0.1, -0.05) is 18.2 Å². The highest BCUT2D eigenvalue weighted by Crippen LogP contribution is 2.34. The molecule has 1 amide bonds. The summed E-state index contributed by atoms with van der Waals surface area (Å²) < 4.78 is 34.1. The lowest BCUT2D eigenvalue weighted by atomic mass is 9.93. The number of fused-ring (bicyclic) bond motifs is 1. The van der Waals surface area contributed by atoms with Gasteiger partial charge in [0.15, 0.2) is 21.3 Å². The molecule has 1 aliphatic heterocycles. The lowest BCUT2D eigenvalue weighted by molar-refractivity contribution is 0.0911. The molecule has 1 N–H and O–H groups in total. The second-order valence-corrected chi connectivity index (χ2v) is 9.35. The summed E-state index contributed by atoms with van der Waals surface area (Å²) in [5.74, 6) is 0.988. The molecule has 2 aromatic carbocycles. The number of sulfone groups is 1. The standard InChI is InChI=1S/C20H23NO5S/c1-20(2,16-7-8-17-18(12-16)26-10-9-25-17)21-19(22)15-6-4-5-14(11-15)13-27(3,23)24/h4-8,11-12H,9-10,13H2,1-3H3,(H,21,22). The van der Waals surface area contributed by atoms with Gasteiger partial charge < -0.3 is 14.8 Å². The van der Waals surface area contributed by atoms with Crippen LogP contribution >= 0.6 is 0 Å². The predicted octanol–water partition coefficient (Wildman–Crippen LogP) is 2.67. The third-order valence-corrected chi connectivity index (χ3v) is 5.17. The zero-order valence-corrected chi connectivity index (χ0v) is 16.4. The fourth-order valence-corrected chi connectivity index (χ4v) is 3.75. The van der Waals surface area contributed by atoms with E-state index in [9.17, 15) is 13.2 Å². The van der Waals surface area contributed by atoms with Crippen molar-refractivity contribution in [2.24, 2.45) is 0 Å². The molecule has 1 heterocycles. The predicted molar refractivity (Wildman–Crippen MR) is 103 cm³/mol. The zero-order chi connectivity index (χ0) is 19.7. The smallest absolute Gasteiger partial charge is 0.251 e. The van der Waals surface area contributed by atoms with Crippen molar-refractivity contribution in [3.8, 4) is 11.5 Å². The lowest BCUT2D eigenvalue weighted by Gasteiger charge is -2.29. The minimum atomic E-state index is -3.16. The summed E-state index contributed by atoms with van der Waals surface area (Å²) in [6.45, 7) is 4.82. The maximum atomic E-state index is 12.7. The lowest BCUT2D eigenvalue weighted by Crippen LogP contribution is -2.41. The summed E-state index contributed by atoms with van der Waals surface area (Å²) in [6, 6.07) is 12.3. The van der Waals surface area contributed by atoms with Crippen molar-refractivity contribution in [3.05, 3.63) is 59.2 Å². The number of carbonyl (C=O) groups is 1. The van der Waals surface area contributed by atoms with E-state index in [2.05, 4.69) is 5.32 Å². The van der Waals surface area contributed by atoms with Crippen LogP contribution in [0, 0.1) is 0 Å². The van der Waals surface area contributed by atoms with Crippen molar-refractivity contribution in [2.75, 3.05) is 19.5 Å². The molecular formula is C20H23NO5S. The molecule has 0 saturated heterocycles.